The predicted octanol–water partition coefficient (Wildman–Crippen LogP) is 1.89. The van der Waals surface area contributed by atoms with Gasteiger partial charge in [-0.2, -0.15) is 5.10 Å². The van der Waals surface area contributed by atoms with E-state index in [0.717, 1.165) is 5.56 Å². The molecular formula is C12H13N3O3. The van der Waals surface area contributed by atoms with Crippen molar-refractivity contribution in [2.24, 2.45) is 0 Å². The standard InChI is InChI=1S/C12H13N3O3/c1-8-5-9(2)12(15(17)18)6-11(8)14-4-3-10(7-16)13-14/h3-6,16H,7H2,1-2H3. The average Bonchev–Trinajstić information content (AvgIpc) is 2.77. The number of hydrogen-bond donors (Lipinski definition) is 1. The van der Waals surface area contributed by atoms with E-state index in [1.165, 1.54) is 10.7 Å². The van der Waals surface area contributed by atoms with Crippen LogP contribution in [0.5, 0.6) is 0 Å². The van der Waals surface area contributed by atoms with Crippen molar-refractivity contribution < 1.29 is 10.0 Å². The molecule has 0 saturated carbocycles. The lowest BCUT2D eigenvalue weighted by Gasteiger charge is -2.07. The number of nitro groups is 1. The number of aliphatic hydroxyl groups excluding tert-OH is 1. The van der Waals surface area contributed by atoms with Crippen LogP contribution in [0, 0.1) is 24.0 Å². The molecule has 18 heavy (non-hydrogen) atoms. The molecule has 0 atom stereocenters. The summed E-state index contributed by atoms with van der Waals surface area (Å²) in [7, 11) is 0. The van der Waals surface area contributed by atoms with Gasteiger partial charge in [0.1, 0.15) is 0 Å². The molecule has 0 aliphatic rings. The van der Waals surface area contributed by atoms with Crippen molar-refractivity contribution >= 4 is 5.69 Å². The first-order valence-electron chi connectivity index (χ1n) is 5.44. The van der Waals surface area contributed by atoms with Crippen LogP contribution in [0.15, 0.2) is 24.4 Å². The summed E-state index contributed by atoms with van der Waals surface area (Å²) < 4.78 is 1.54. The Bertz CT molecular complexity index is 605. The van der Waals surface area contributed by atoms with Crippen molar-refractivity contribution in [1.29, 1.82) is 0 Å². The van der Waals surface area contributed by atoms with E-state index in [0.29, 0.717) is 16.9 Å². The zero-order valence-electron chi connectivity index (χ0n) is 10.1. The van der Waals surface area contributed by atoms with Crippen LogP contribution in [0.1, 0.15) is 16.8 Å². The molecule has 1 N–H and O–H groups in total. The van der Waals surface area contributed by atoms with Crippen LogP contribution in [0.4, 0.5) is 5.69 Å². The quantitative estimate of drug-likeness (QED) is 0.663. The first-order valence-corrected chi connectivity index (χ1v) is 5.44. The second-order valence-corrected chi connectivity index (χ2v) is 4.09. The molecule has 0 radical (unpaired) electrons. The fraction of sp³-hybridized carbons (Fsp3) is 0.250. The highest BCUT2D eigenvalue weighted by atomic mass is 16.6. The summed E-state index contributed by atoms with van der Waals surface area (Å²) in [6.45, 7) is 3.42. The van der Waals surface area contributed by atoms with E-state index in [-0.39, 0.29) is 12.3 Å². The Morgan fingerprint density at radius 3 is 2.67 bits per heavy atom. The van der Waals surface area contributed by atoms with Gasteiger partial charge in [0.05, 0.1) is 22.9 Å². The Hall–Kier alpha value is -2.21. The molecule has 0 amide bonds. The molecule has 1 aromatic heterocycles. The number of hydrogen-bond acceptors (Lipinski definition) is 4. The number of nitrogens with zero attached hydrogens (tertiary/aromatic N) is 3. The third-order valence-corrected chi connectivity index (χ3v) is 2.76. The summed E-state index contributed by atoms with van der Waals surface area (Å²) >= 11 is 0. The Kier molecular flexibility index (Phi) is 3.12. The van der Waals surface area contributed by atoms with E-state index in [1.807, 2.05) is 6.92 Å². The number of benzene rings is 1. The Labute approximate surface area is 104 Å². The maximum atomic E-state index is 10.9. The monoisotopic (exact) mass is 247 g/mol. The minimum Gasteiger partial charge on any atom is -0.390 e. The average molecular weight is 247 g/mol. The van der Waals surface area contributed by atoms with E-state index >= 15 is 0 Å². The molecule has 94 valence electrons. The summed E-state index contributed by atoms with van der Waals surface area (Å²) in [4.78, 5) is 10.5. The number of aliphatic hydroxyl groups is 1. The van der Waals surface area contributed by atoms with Crippen molar-refractivity contribution in [3.8, 4) is 5.69 Å². The lowest BCUT2D eigenvalue weighted by Crippen LogP contribution is -2.02. The lowest BCUT2D eigenvalue weighted by molar-refractivity contribution is -0.385. The van der Waals surface area contributed by atoms with Crippen molar-refractivity contribution in [2.75, 3.05) is 0 Å². The van der Waals surface area contributed by atoms with Gasteiger partial charge in [0.15, 0.2) is 0 Å². The normalized spacial score (nSPS) is 10.6. The Morgan fingerprint density at radius 2 is 2.11 bits per heavy atom. The predicted molar refractivity (Wildman–Crippen MR) is 65.6 cm³/mol. The van der Waals surface area contributed by atoms with Gasteiger partial charge in [-0.3, -0.25) is 10.1 Å². The summed E-state index contributed by atoms with van der Waals surface area (Å²) in [5.74, 6) is 0. The largest absolute Gasteiger partial charge is 0.390 e. The summed E-state index contributed by atoms with van der Waals surface area (Å²) in [6, 6.07) is 4.93. The number of aromatic nitrogens is 2. The minimum atomic E-state index is -0.408. The fourth-order valence-electron chi connectivity index (χ4n) is 1.85. The fourth-order valence-corrected chi connectivity index (χ4v) is 1.85. The number of rotatable bonds is 3. The Morgan fingerprint density at radius 1 is 1.39 bits per heavy atom. The van der Waals surface area contributed by atoms with Gasteiger partial charge < -0.3 is 5.11 Å². The zero-order chi connectivity index (χ0) is 13.3. The maximum absolute atomic E-state index is 10.9. The van der Waals surface area contributed by atoms with Gasteiger partial charge in [-0.25, -0.2) is 4.68 Å². The Balaban J connectivity index is 2.56. The summed E-state index contributed by atoms with van der Waals surface area (Å²) in [6.07, 6.45) is 1.67. The van der Waals surface area contributed by atoms with Crippen LogP contribution in [0.2, 0.25) is 0 Å². The van der Waals surface area contributed by atoms with Gasteiger partial charge in [-0.15, -0.1) is 0 Å². The first-order chi connectivity index (χ1) is 8.52. The molecule has 2 aromatic rings. The van der Waals surface area contributed by atoms with Gasteiger partial charge in [-0.05, 0) is 31.5 Å². The molecule has 2 rings (SSSR count). The highest BCUT2D eigenvalue weighted by Crippen LogP contribution is 2.25. The van der Waals surface area contributed by atoms with E-state index in [4.69, 9.17) is 5.11 Å². The van der Waals surface area contributed by atoms with E-state index < -0.39 is 4.92 Å². The molecule has 0 aliphatic carbocycles. The number of nitro benzene ring substituents is 1. The first kappa shape index (κ1) is 12.3. The molecule has 0 spiro atoms. The van der Waals surface area contributed by atoms with Gasteiger partial charge in [-0.1, -0.05) is 0 Å². The van der Waals surface area contributed by atoms with Crippen LogP contribution in [0.25, 0.3) is 5.69 Å². The van der Waals surface area contributed by atoms with Crippen LogP contribution in [-0.2, 0) is 6.61 Å². The molecule has 1 heterocycles. The summed E-state index contributed by atoms with van der Waals surface area (Å²) in [5.41, 5.74) is 2.75. The van der Waals surface area contributed by atoms with Crippen LogP contribution < -0.4 is 0 Å². The van der Waals surface area contributed by atoms with E-state index in [9.17, 15) is 10.1 Å². The molecule has 0 fully saturated rings. The molecule has 0 bridgehead atoms. The van der Waals surface area contributed by atoms with Gasteiger partial charge in [0.2, 0.25) is 0 Å². The van der Waals surface area contributed by atoms with Crippen LogP contribution in [0.3, 0.4) is 0 Å². The highest BCUT2D eigenvalue weighted by Gasteiger charge is 2.15. The molecule has 1 aromatic carbocycles. The second-order valence-electron chi connectivity index (χ2n) is 4.09. The third-order valence-electron chi connectivity index (χ3n) is 2.76. The maximum Gasteiger partial charge on any atom is 0.274 e. The van der Waals surface area contributed by atoms with Crippen LogP contribution >= 0.6 is 0 Å². The molecule has 6 heteroatoms. The van der Waals surface area contributed by atoms with Crippen molar-refractivity contribution in [2.45, 2.75) is 20.5 Å². The van der Waals surface area contributed by atoms with Crippen molar-refractivity contribution in [1.82, 2.24) is 9.78 Å². The second kappa shape index (κ2) is 4.58. The van der Waals surface area contributed by atoms with Gasteiger partial charge in [0.25, 0.3) is 5.69 Å². The molecule has 0 unspecified atom stereocenters. The number of aryl methyl sites for hydroxylation is 2. The lowest BCUT2D eigenvalue weighted by atomic mass is 10.1. The minimum absolute atomic E-state index is 0.0663. The SMILES string of the molecule is Cc1cc(C)c([N+](=O)[O-])cc1-n1ccc(CO)n1. The zero-order valence-corrected chi connectivity index (χ0v) is 10.1. The van der Waals surface area contributed by atoms with Crippen molar-refractivity contribution in [3.05, 3.63) is 51.3 Å². The molecular weight excluding hydrogens is 234 g/mol. The van der Waals surface area contributed by atoms with Crippen LogP contribution in [-0.4, -0.2) is 19.8 Å². The smallest absolute Gasteiger partial charge is 0.274 e. The third kappa shape index (κ3) is 2.10. The summed E-state index contributed by atoms with van der Waals surface area (Å²) in [5, 5.41) is 24.0. The van der Waals surface area contributed by atoms with Gasteiger partial charge >= 0.3 is 0 Å². The molecule has 6 nitrogen and oxygen atoms in total. The molecule has 0 saturated heterocycles. The van der Waals surface area contributed by atoms with Gasteiger partial charge in [0, 0.05) is 17.8 Å². The molecule has 0 aliphatic heterocycles. The highest BCUT2D eigenvalue weighted by molar-refractivity contribution is 5.53. The topological polar surface area (TPSA) is 81.2 Å². The van der Waals surface area contributed by atoms with E-state index in [2.05, 4.69) is 5.10 Å². The van der Waals surface area contributed by atoms with E-state index in [1.54, 1.807) is 25.3 Å². The van der Waals surface area contributed by atoms with Crippen molar-refractivity contribution in [3.63, 3.8) is 0 Å².